The maximum Gasteiger partial charge on any atom is 0.492 e. The number of nitrogens with one attached hydrogen (secondary N) is 1. The molecule has 0 aromatic carbocycles. The average Bonchev–Trinajstić information content (AvgIpc) is 2.13. The van der Waals surface area contributed by atoms with Gasteiger partial charge in [0.1, 0.15) is 17.2 Å². The summed E-state index contributed by atoms with van der Waals surface area (Å²) in [6, 6.07) is 2.76. The number of aromatic nitrogens is 1. The van der Waals surface area contributed by atoms with E-state index in [0.29, 0.717) is 0 Å². The van der Waals surface area contributed by atoms with Gasteiger partial charge in [-0.2, -0.15) is 0 Å². The van der Waals surface area contributed by atoms with E-state index in [4.69, 9.17) is 20.5 Å². The highest BCUT2D eigenvalue weighted by Crippen LogP contribution is 2.10. The number of amides is 1. The Balaban J connectivity index is 2.75. The molecule has 1 rings (SSSR count). The summed E-state index contributed by atoms with van der Waals surface area (Å²) in [5.41, 5.74) is 4.96. The Morgan fingerprint density at radius 1 is 1.44 bits per heavy atom. The van der Waals surface area contributed by atoms with E-state index in [9.17, 15) is 4.79 Å². The lowest BCUT2D eigenvalue weighted by molar-refractivity contribution is 0.0635. The first-order valence-electron chi connectivity index (χ1n) is 5.31. The van der Waals surface area contributed by atoms with Crippen LogP contribution in [-0.4, -0.2) is 33.8 Å². The van der Waals surface area contributed by atoms with Crippen molar-refractivity contribution in [1.29, 1.82) is 0 Å². The van der Waals surface area contributed by atoms with E-state index >= 15 is 0 Å². The normalized spacial score (nSPS) is 10.9. The van der Waals surface area contributed by atoms with E-state index in [2.05, 4.69) is 10.3 Å². The first kappa shape index (κ1) is 14.3. The molecule has 1 amide bonds. The van der Waals surface area contributed by atoms with Crippen LogP contribution in [-0.2, 0) is 4.74 Å². The third-order valence-electron chi connectivity index (χ3n) is 1.86. The van der Waals surface area contributed by atoms with Gasteiger partial charge < -0.3 is 20.5 Å². The van der Waals surface area contributed by atoms with Gasteiger partial charge in [-0.25, -0.2) is 9.78 Å². The minimum Gasteiger partial charge on any atom is -0.444 e. The largest absolute Gasteiger partial charge is 0.492 e. The number of nitrogens with two attached hydrogens (primary N) is 1. The second-order valence-electron chi connectivity index (χ2n) is 4.67. The molecule has 0 atom stereocenters. The van der Waals surface area contributed by atoms with Crippen LogP contribution in [0.15, 0.2) is 12.1 Å². The molecule has 0 unspecified atom stereocenters. The van der Waals surface area contributed by atoms with Crippen LogP contribution >= 0.6 is 0 Å². The van der Waals surface area contributed by atoms with Gasteiger partial charge in [0.25, 0.3) is 0 Å². The molecule has 5 N–H and O–H groups in total. The smallest absolute Gasteiger partial charge is 0.444 e. The molecule has 7 nitrogen and oxygen atoms in total. The standard InChI is InChI=1S/C10H16BN3O4/c1-10(2,3)18-9(15)14-7-5-4-6(11(16)17)8(12)13-7/h4-5,16-17H,1-3H3,(H3,12,13,14,15). The van der Waals surface area contributed by atoms with Crippen molar-refractivity contribution in [1.82, 2.24) is 4.98 Å². The number of pyridine rings is 1. The van der Waals surface area contributed by atoms with Crippen LogP contribution in [0.5, 0.6) is 0 Å². The summed E-state index contributed by atoms with van der Waals surface area (Å²) < 4.78 is 5.03. The summed E-state index contributed by atoms with van der Waals surface area (Å²) in [5.74, 6) is 0.102. The zero-order valence-electron chi connectivity index (χ0n) is 10.5. The first-order valence-corrected chi connectivity index (χ1v) is 5.31. The Hall–Kier alpha value is -1.80. The van der Waals surface area contributed by atoms with E-state index in [0.717, 1.165) is 0 Å². The molecule has 0 aliphatic carbocycles. The van der Waals surface area contributed by atoms with Crippen molar-refractivity contribution in [3.05, 3.63) is 12.1 Å². The number of carbonyl (C=O) groups excluding carboxylic acids is 1. The van der Waals surface area contributed by atoms with Crippen molar-refractivity contribution >= 4 is 30.3 Å². The van der Waals surface area contributed by atoms with Gasteiger partial charge in [0.05, 0.1) is 0 Å². The van der Waals surface area contributed by atoms with Crippen LogP contribution in [0.1, 0.15) is 20.8 Å². The molecule has 0 saturated heterocycles. The van der Waals surface area contributed by atoms with Crippen molar-refractivity contribution in [2.24, 2.45) is 0 Å². The summed E-state index contributed by atoms with van der Waals surface area (Å²) in [5, 5.41) is 20.3. The summed E-state index contributed by atoms with van der Waals surface area (Å²) in [4.78, 5) is 15.3. The molecule has 0 saturated carbocycles. The Bertz CT molecular complexity index is 445. The minimum atomic E-state index is -1.70. The summed E-state index contributed by atoms with van der Waals surface area (Å²) in [6.45, 7) is 5.21. The maximum absolute atomic E-state index is 11.4. The third-order valence-corrected chi connectivity index (χ3v) is 1.86. The van der Waals surface area contributed by atoms with Gasteiger partial charge in [-0.1, -0.05) is 6.07 Å². The van der Waals surface area contributed by atoms with Crippen molar-refractivity contribution in [3.8, 4) is 0 Å². The topological polar surface area (TPSA) is 118 Å². The van der Waals surface area contributed by atoms with Gasteiger partial charge in [0, 0.05) is 5.46 Å². The van der Waals surface area contributed by atoms with Gasteiger partial charge in [0.2, 0.25) is 0 Å². The minimum absolute atomic E-state index is 0.0708. The van der Waals surface area contributed by atoms with Crippen LogP contribution < -0.4 is 16.5 Å². The maximum atomic E-state index is 11.4. The number of nitrogen functional groups attached to an aromatic ring is 1. The molecule has 1 aromatic rings. The Morgan fingerprint density at radius 2 is 2.06 bits per heavy atom. The molecule has 1 heterocycles. The number of ether oxygens (including phenoxy) is 1. The quantitative estimate of drug-likeness (QED) is 0.537. The number of rotatable bonds is 2. The zero-order valence-corrected chi connectivity index (χ0v) is 10.5. The second kappa shape index (κ2) is 5.24. The molecule has 98 valence electrons. The van der Waals surface area contributed by atoms with Gasteiger partial charge >= 0.3 is 13.2 Å². The Kier molecular flexibility index (Phi) is 4.15. The van der Waals surface area contributed by atoms with Crippen molar-refractivity contribution < 1.29 is 19.6 Å². The van der Waals surface area contributed by atoms with Crippen LogP contribution in [0.3, 0.4) is 0 Å². The van der Waals surface area contributed by atoms with Crippen molar-refractivity contribution in [3.63, 3.8) is 0 Å². The highest BCUT2D eigenvalue weighted by Gasteiger charge is 2.19. The fourth-order valence-electron chi connectivity index (χ4n) is 1.18. The Labute approximate surface area is 105 Å². The SMILES string of the molecule is CC(C)(C)OC(=O)Nc1ccc(B(O)O)c(N)n1. The fraction of sp³-hybridized carbons (Fsp3) is 0.400. The molecule has 8 heteroatoms. The molecule has 18 heavy (non-hydrogen) atoms. The average molecular weight is 253 g/mol. The second-order valence-corrected chi connectivity index (χ2v) is 4.67. The van der Waals surface area contributed by atoms with E-state index in [1.807, 2.05) is 0 Å². The number of carbonyl (C=O) groups is 1. The summed E-state index contributed by atoms with van der Waals surface area (Å²) in [6.07, 6.45) is -0.660. The lowest BCUT2D eigenvalue weighted by Gasteiger charge is -2.19. The van der Waals surface area contributed by atoms with Gasteiger partial charge in [0.15, 0.2) is 0 Å². The van der Waals surface area contributed by atoms with E-state index < -0.39 is 18.8 Å². The lowest BCUT2D eigenvalue weighted by atomic mass is 9.81. The van der Waals surface area contributed by atoms with E-state index in [1.165, 1.54) is 12.1 Å². The first-order chi connectivity index (χ1) is 8.19. The Morgan fingerprint density at radius 3 is 2.50 bits per heavy atom. The molecular formula is C10H16BN3O4. The number of nitrogens with zero attached hydrogens (tertiary/aromatic N) is 1. The number of anilines is 2. The lowest BCUT2D eigenvalue weighted by Crippen LogP contribution is -2.33. The van der Waals surface area contributed by atoms with Crippen molar-refractivity contribution in [2.75, 3.05) is 11.1 Å². The number of hydrogen-bond acceptors (Lipinski definition) is 6. The highest BCUT2D eigenvalue weighted by atomic mass is 16.6. The zero-order chi connectivity index (χ0) is 13.9. The molecule has 0 aliphatic heterocycles. The molecule has 0 spiro atoms. The third kappa shape index (κ3) is 4.23. The van der Waals surface area contributed by atoms with Crippen LogP contribution in [0.25, 0.3) is 0 Å². The molecular weight excluding hydrogens is 237 g/mol. The van der Waals surface area contributed by atoms with E-state index in [1.54, 1.807) is 20.8 Å². The van der Waals surface area contributed by atoms with Gasteiger partial charge in [-0.3, -0.25) is 5.32 Å². The molecule has 0 aliphatic rings. The van der Waals surface area contributed by atoms with E-state index in [-0.39, 0.29) is 17.1 Å². The van der Waals surface area contributed by atoms with Crippen LogP contribution in [0.2, 0.25) is 0 Å². The molecule has 0 radical (unpaired) electrons. The molecule has 0 bridgehead atoms. The molecule has 1 aromatic heterocycles. The van der Waals surface area contributed by atoms with Crippen LogP contribution in [0, 0.1) is 0 Å². The van der Waals surface area contributed by atoms with Gasteiger partial charge in [-0.15, -0.1) is 0 Å². The summed E-state index contributed by atoms with van der Waals surface area (Å²) in [7, 11) is -1.70. The summed E-state index contributed by atoms with van der Waals surface area (Å²) >= 11 is 0. The molecule has 0 fully saturated rings. The number of hydrogen-bond donors (Lipinski definition) is 4. The van der Waals surface area contributed by atoms with Crippen LogP contribution in [0.4, 0.5) is 16.4 Å². The van der Waals surface area contributed by atoms with Crippen molar-refractivity contribution in [2.45, 2.75) is 26.4 Å². The fourth-order valence-corrected chi connectivity index (χ4v) is 1.18. The predicted octanol–water partition coefficient (Wildman–Crippen LogP) is -0.309. The predicted molar refractivity (Wildman–Crippen MR) is 68.3 cm³/mol. The monoisotopic (exact) mass is 253 g/mol. The highest BCUT2D eigenvalue weighted by molar-refractivity contribution is 6.60. The van der Waals surface area contributed by atoms with Gasteiger partial charge in [-0.05, 0) is 26.8 Å².